The lowest BCUT2D eigenvalue weighted by Gasteiger charge is -2.07. The number of rotatable bonds is 5. The van der Waals surface area contributed by atoms with Crippen LogP contribution in [0.2, 0.25) is 5.02 Å². The van der Waals surface area contributed by atoms with E-state index in [1.165, 1.54) is 18.2 Å². The van der Waals surface area contributed by atoms with E-state index in [0.717, 1.165) is 0 Å². The molecule has 0 aliphatic heterocycles. The molecule has 0 saturated carbocycles. The molecule has 0 fully saturated rings. The molecule has 0 unspecified atom stereocenters. The number of hydrogen-bond acceptors (Lipinski definition) is 5. The first-order valence-electron chi connectivity index (χ1n) is 4.67. The van der Waals surface area contributed by atoms with Gasteiger partial charge in [-0.2, -0.15) is 0 Å². The Morgan fingerprint density at radius 3 is 2.33 bits per heavy atom. The van der Waals surface area contributed by atoms with Crippen molar-refractivity contribution < 1.29 is 16.8 Å². The average molecular weight is 314 g/mol. The maximum absolute atomic E-state index is 11.7. The van der Waals surface area contributed by atoms with Crippen LogP contribution in [0.4, 0.5) is 5.69 Å². The lowest BCUT2D eigenvalue weighted by atomic mass is 10.3. The van der Waals surface area contributed by atoms with E-state index in [2.05, 4.69) is 4.72 Å². The first-order chi connectivity index (χ1) is 8.12. The molecule has 0 aromatic heterocycles. The number of halogens is 1. The minimum Gasteiger partial charge on any atom is -0.397 e. The second-order valence-electron chi connectivity index (χ2n) is 3.45. The molecule has 1 rings (SSSR count). The van der Waals surface area contributed by atoms with E-state index in [4.69, 9.17) is 22.5 Å². The summed E-state index contributed by atoms with van der Waals surface area (Å²) in [6.45, 7) is -0.316. The normalized spacial score (nSPS) is 12.6. The molecule has 0 bridgehead atoms. The summed E-state index contributed by atoms with van der Waals surface area (Å²) in [6.07, 6.45) is 0. The Balaban J connectivity index is 2.84. The average Bonchev–Trinajstić information content (AvgIpc) is 2.19. The maximum atomic E-state index is 11.7. The number of benzene rings is 1. The molecule has 1 aromatic rings. The second-order valence-corrected chi connectivity index (χ2v) is 7.36. The quantitative estimate of drug-likeness (QED) is 0.630. The Morgan fingerprint density at radius 2 is 1.83 bits per heavy atom. The molecule has 0 saturated heterocycles. The first kappa shape index (κ1) is 15.2. The molecule has 0 heterocycles. The van der Waals surface area contributed by atoms with E-state index in [1.54, 1.807) is 0 Å². The van der Waals surface area contributed by atoms with Gasteiger partial charge < -0.3 is 5.73 Å². The Bertz CT molecular complexity index is 642. The largest absolute Gasteiger partial charge is 0.397 e. The molecule has 5 N–H and O–H groups in total. The summed E-state index contributed by atoms with van der Waals surface area (Å²) in [6, 6.07) is 3.78. The van der Waals surface area contributed by atoms with Gasteiger partial charge in [-0.25, -0.2) is 26.7 Å². The molecule has 0 spiro atoms. The van der Waals surface area contributed by atoms with Gasteiger partial charge in [0.25, 0.3) is 0 Å². The highest BCUT2D eigenvalue weighted by molar-refractivity contribution is 7.90. The van der Waals surface area contributed by atoms with Crippen molar-refractivity contribution in [2.24, 2.45) is 5.14 Å². The van der Waals surface area contributed by atoms with Crippen LogP contribution in [0.1, 0.15) is 0 Å². The third-order valence-corrected chi connectivity index (χ3v) is 4.53. The van der Waals surface area contributed by atoms with Gasteiger partial charge in [0.2, 0.25) is 20.0 Å². The number of sulfonamides is 2. The molecule has 18 heavy (non-hydrogen) atoms. The van der Waals surface area contributed by atoms with Crippen LogP contribution in [0.15, 0.2) is 23.1 Å². The zero-order valence-electron chi connectivity index (χ0n) is 9.13. The van der Waals surface area contributed by atoms with E-state index >= 15 is 0 Å². The van der Waals surface area contributed by atoms with Gasteiger partial charge in [0.05, 0.1) is 21.4 Å². The van der Waals surface area contributed by atoms with Crippen LogP contribution >= 0.6 is 11.6 Å². The minimum absolute atomic E-state index is 0.0983. The van der Waals surface area contributed by atoms with Gasteiger partial charge >= 0.3 is 0 Å². The zero-order valence-corrected chi connectivity index (χ0v) is 11.5. The second kappa shape index (κ2) is 5.41. The fraction of sp³-hybridized carbons (Fsp3) is 0.250. The summed E-state index contributed by atoms with van der Waals surface area (Å²) >= 11 is 5.66. The summed E-state index contributed by atoms with van der Waals surface area (Å²) in [5.41, 5.74) is 5.59. The van der Waals surface area contributed by atoms with Crippen molar-refractivity contribution in [2.75, 3.05) is 18.0 Å². The fourth-order valence-corrected chi connectivity index (χ4v) is 2.79. The number of anilines is 1. The summed E-state index contributed by atoms with van der Waals surface area (Å²) in [5.74, 6) is -0.491. The molecule has 0 amide bonds. The summed E-state index contributed by atoms with van der Waals surface area (Å²) in [5, 5.41) is 4.98. The first-order valence-corrected chi connectivity index (χ1v) is 8.25. The topological polar surface area (TPSA) is 132 Å². The van der Waals surface area contributed by atoms with Gasteiger partial charge in [0.15, 0.2) is 0 Å². The molecule has 0 aliphatic rings. The van der Waals surface area contributed by atoms with Gasteiger partial charge in [-0.05, 0) is 18.2 Å². The van der Waals surface area contributed by atoms with Crippen LogP contribution in [0, 0.1) is 0 Å². The molecule has 1 aromatic carbocycles. The maximum Gasteiger partial charge on any atom is 0.240 e. The Hall–Kier alpha value is -0.870. The summed E-state index contributed by atoms with van der Waals surface area (Å²) < 4.78 is 46.9. The number of hydrogen-bond donors (Lipinski definition) is 3. The van der Waals surface area contributed by atoms with Gasteiger partial charge in [-0.1, -0.05) is 11.6 Å². The van der Waals surface area contributed by atoms with Crippen LogP contribution in [0.5, 0.6) is 0 Å². The van der Waals surface area contributed by atoms with Crippen LogP contribution in [-0.4, -0.2) is 29.1 Å². The SMILES string of the molecule is Nc1cc(S(=O)(=O)NCCS(N)(=O)=O)ccc1Cl. The highest BCUT2D eigenvalue weighted by Crippen LogP contribution is 2.21. The monoisotopic (exact) mass is 313 g/mol. The standard InChI is InChI=1S/C8H12ClN3O4S2/c9-7-2-1-6(5-8(7)10)18(15,16)12-3-4-17(11,13)14/h1-2,5,12H,3-4,10H2,(H2,11,13,14). The molecule has 10 heteroatoms. The van der Waals surface area contributed by atoms with Gasteiger partial charge in [0, 0.05) is 6.54 Å². The van der Waals surface area contributed by atoms with Crippen LogP contribution in [0.3, 0.4) is 0 Å². The van der Waals surface area contributed by atoms with Gasteiger partial charge in [0.1, 0.15) is 0 Å². The minimum atomic E-state index is -3.83. The smallest absolute Gasteiger partial charge is 0.240 e. The molecular weight excluding hydrogens is 302 g/mol. The summed E-state index contributed by atoms with van der Waals surface area (Å²) in [4.78, 5) is -0.0983. The summed E-state index contributed by atoms with van der Waals surface area (Å²) in [7, 11) is -7.55. The Labute approximate surface area is 110 Å². The van der Waals surface area contributed by atoms with E-state index in [0.29, 0.717) is 0 Å². The van der Waals surface area contributed by atoms with E-state index in [9.17, 15) is 16.8 Å². The van der Waals surface area contributed by atoms with Crippen molar-refractivity contribution in [3.05, 3.63) is 23.2 Å². The Morgan fingerprint density at radius 1 is 1.22 bits per heavy atom. The van der Waals surface area contributed by atoms with Crippen LogP contribution < -0.4 is 15.6 Å². The lowest BCUT2D eigenvalue weighted by Crippen LogP contribution is -2.31. The number of nitrogens with two attached hydrogens (primary N) is 2. The van der Waals surface area contributed by atoms with Crippen molar-refractivity contribution >= 4 is 37.3 Å². The fourth-order valence-electron chi connectivity index (χ4n) is 1.09. The highest BCUT2D eigenvalue weighted by atomic mass is 35.5. The van der Waals surface area contributed by atoms with Crippen molar-refractivity contribution in [2.45, 2.75) is 4.90 Å². The number of nitrogen functional groups attached to an aromatic ring is 1. The van der Waals surface area contributed by atoms with Crippen molar-refractivity contribution in [3.63, 3.8) is 0 Å². The van der Waals surface area contributed by atoms with Crippen molar-refractivity contribution in [3.8, 4) is 0 Å². The van der Waals surface area contributed by atoms with Crippen molar-refractivity contribution in [1.29, 1.82) is 0 Å². The van der Waals surface area contributed by atoms with Crippen LogP contribution in [-0.2, 0) is 20.0 Å². The van der Waals surface area contributed by atoms with E-state index in [1.807, 2.05) is 0 Å². The zero-order chi connectivity index (χ0) is 14.0. The third-order valence-electron chi connectivity index (χ3n) is 1.96. The molecule has 7 nitrogen and oxygen atoms in total. The lowest BCUT2D eigenvalue weighted by molar-refractivity contribution is 0.581. The molecule has 0 radical (unpaired) electrons. The number of primary sulfonamides is 1. The molecule has 102 valence electrons. The van der Waals surface area contributed by atoms with Gasteiger partial charge in [-0.3, -0.25) is 0 Å². The molecule has 0 atom stereocenters. The highest BCUT2D eigenvalue weighted by Gasteiger charge is 2.15. The Kier molecular flexibility index (Phi) is 4.56. The number of nitrogens with one attached hydrogen (secondary N) is 1. The third kappa shape index (κ3) is 4.42. The predicted molar refractivity (Wildman–Crippen MR) is 69.0 cm³/mol. The predicted octanol–water partition coefficient (Wildman–Crippen LogP) is -0.511. The molecular formula is C8H12ClN3O4S2. The molecule has 0 aliphatic carbocycles. The van der Waals surface area contributed by atoms with E-state index < -0.39 is 25.8 Å². The van der Waals surface area contributed by atoms with Crippen LogP contribution in [0.25, 0.3) is 0 Å². The van der Waals surface area contributed by atoms with Gasteiger partial charge in [-0.15, -0.1) is 0 Å². The van der Waals surface area contributed by atoms with E-state index in [-0.39, 0.29) is 22.2 Å². The van der Waals surface area contributed by atoms with Crippen molar-refractivity contribution in [1.82, 2.24) is 4.72 Å².